The van der Waals surface area contributed by atoms with Gasteiger partial charge in [0.25, 0.3) is 0 Å². The van der Waals surface area contributed by atoms with Gasteiger partial charge < -0.3 is 15.5 Å². The van der Waals surface area contributed by atoms with E-state index in [9.17, 15) is 4.79 Å². The molecule has 3 saturated heterocycles. The predicted molar refractivity (Wildman–Crippen MR) is 66.7 cm³/mol. The van der Waals surface area contributed by atoms with Crippen LogP contribution in [-0.2, 0) is 4.79 Å². The van der Waals surface area contributed by atoms with E-state index in [1.807, 2.05) is 0 Å². The fourth-order valence-corrected chi connectivity index (χ4v) is 3.61. The Morgan fingerprint density at radius 3 is 2.53 bits per heavy atom. The SMILES string of the molecule is CC1(C(=O)N2C[C@H]3CNC[C@H]3C2)CCCCN1. The molecule has 3 rings (SSSR count). The Balaban J connectivity index is 1.66. The number of nitrogens with zero attached hydrogens (tertiary/aromatic N) is 1. The zero-order valence-corrected chi connectivity index (χ0v) is 10.7. The number of carbonyl (C=O) groups excluding carboxylic acids is 1. The first-order valence-electron chi connectivity index (χ1n) is 6.94. The van der Waals surface area contributed by atoms with E-state index in [1.165, 1.54) is 12.8 Å². The van der Waals surface area contributed by atoms with Crippen molar-refractivity contribution < 1.29 is 4.79 Å². The van der Waals surface area contributed by atoms with Crippen LogP contribution in [0.2, 0.25) is 0 Å². The average molecular weight is 237 g/mol. The minimum absolute atomic E-state index is 0.287. The summed E-state index contributed by atoms with van der Waals surface area (Å²) >= 11 is 0. The predicted octanol–water partition coefficient (Wildman–Crippen LogP) is 0.196. The van der Waals surface area contributed by atoms with Crippen molar-refractivity contribution in [2.75, 3.05) is 32.7 Å². The summed E-state index contributed by atoms with van der Waals surface area (Å²) in [4.78, 5) is 14.7. The summed E-state index contributed by atoms with van der Waals surface area (Å²) in [5, 5.41) is 6.85. The van der Waals surface area contributed by atoms with Crippen LogP contribution in [0.4, 0.5) is 0 Å². The van der Waals surface area contributed by atoms with Crippen molar-refractivity contribution in [3.05, 3.63) is 0 Å². The molecule has 0 aromatic carbocycles. The topological polar surface area (TPSA) is 44.4 Å². The summed E-state index contributed by atoms with van der Waals surface area (Å²) in [6.45, 7) is 7.20. The third kappa shape index (κ3) is 1.97. The number of carbonyl (C=O) groups is 1. The molecule has 96 valence electrons. The molecule has 0 bridgehead atoms. The monoisotopic (exact) mass is 237 g/mol. The third-order valence-corrected chi connectivity index (χ3v) is 4.77. The minimum Gasteiger partial charge on any atom is -0.340 e. The molecule has 0 saturated carbocycles. The Morgan fingerprint density at radius 1 is 1.24 bits per heavy atom. The molecule has 3 fully saturated rings. The second-order valence-corrected chi connectivity index (χ2v) is 6.10. The normalized spacial score (nSPS) is 41.6. The second-order valence-electron chi connectivity index (χ2n) is 6.10. The van der Waals surface area contributed by atoms with E-state index in [0.29, 0.717) is 17.7 Å². The number of hydrogen-bond acceptors (Lipinski definition) is 3. The lowest BCUT2D eigenvalue weighted by atomic mass is 9.89. The summed E-state index contributed by atoms with van der Waals surface area (Å²) in [6.07, 6.45) is 3.38. The van der Waals surface area contributed by atoms with Crippen molar-refractivity contribution >= 4 is 5.91 Å². The van der Waals surface area contributed by atoms with Crippen LogP contribution in [0.5, 0.6) is 0 Å². The lowest BCUT2D eigenvalue weighted by molar-refractivity contribution is -0.137. The van der Waals surface area contributed by atoms with E-state index in [0.717, 1.165) is 39.1 Å². The zero-order chi connectivity index (χ0) is 11.9. The second kappa shape index (κ2) is 4.25. The quantitative estimate of drug-likeness (QED) is 0.684. The van der Waals surface area contributed by atoms with E-state index in [-0.39, 0.29) is 5.54 Å². The molecule has 4 nitrogen and oxygen atoms in total. The van der Waals surface area contributed by atoms with Crippen LogP contribution >= 0.6 is 0 Å². The molecule has 0 radical (unpaired) electrons. The highest BCUT2D eigenvalue weighted by Gasteiger charge is 2.44. The van der Waals surface area contributed by atoms with Gasteiger partial charge in [0.1, 0.15) is 0 Å². The molecule has 3 heterocycles. The van der Waals surface area contributed by atoms with E-state index in [2.05, 4.69) is 22.5 Å². The molecule has 3 atom stereocenters. The number of rotatable bonds is 1. The average Bonchev–Trinajstić information content (AvgIpc) is 2.89. The lowest BCUT2D eigenvalue weighted by Gasteiger charge is -2.37. The molecule has 4 heteroatoms. The number of nitrogens with one attached hydrogen (secondary N) is 2. The molecule has 0 aliphatic carbocycles. The van der Waals surface area contributed by atoms with Crippen LogP contribution in [-0.4, -0.2) is 49.1 Å². The van der Waals surface area contributed by atoms with E-state index < -0.39 is 0 Å². The molecule has 0 spiro atoms. The van der Waals surface area contributed by atoms with Gasteiger partial charge in [-0.25, -0.2) is 0 Å². The summed E-state index contributed by atoms with van der Waals surface area (Å²) in [6, 6.07) is 0. The van der Waals surface area contributed by atoms with Crippen molar-refractivity contribution in [2.24, 2.45) is 11.8 Å². The van der Waals surface area contributed by atoms with E-state index >= 15 is 0 Å². The molecule has 3 aliphatic heterocycles. The number of fused-ring (bicyclic) bond motifs is 1. The summed E-state index contributed by atoms with van der Waals surface area (Å²) in [7, 11) is 0. The van der Waals surface area contributed by atoms with Crippen molar-refractivity contribution in [3.63, 3.8) is 0 Å². The molecule has 0 aromatic heterocycles. The summed E-state index contributed by atoms with van der Waals surface area (Å²) in [5.74, 6) is 1.74. The van der Waals surface area contributed by atoms with Crippen LogP contribution in [0.15, 0.2) is 0 Å². The smallest absolute Gasteiger partial charge is 0.242 e. The van der Waals surface area contributed by atoms with E-state index in [4.69, 9.17) is 0 Å². The molecule has 1 amide bonds. The van der Waals surface area contributed by atoms with Crippen molar-refractivity contribution in [2.45, 2.75) is 31.7 Å². The van der Waals surface area contributed by atoms with Gasteiger partial charge in [0.05, 0.1) is 5.54 Å². The van der Waals surface area contributed by atoms with Gasteiger partial charge in [0.2, 0.25) is 5.91 Å². The Kier molecular flexibility index (Phi) is 2.87. The molecule has 17 heavy (non-hydrogen) atoms. The van der Waals surface area contributed by atoms with Crippen LogP contribution in [0, 0.1) is 11.8 Å². The third-order valence-electron chi connectivity index (χ3n) is 4.77. The Hall–Kier alpha value is -0.610. The highest BCUT2D eigenvalue weighted by atomic mass is 16.2. The lowest BCUT2D eigenvalue weighted by Crippen LogP contribution is -2.57. The number of hydrogen-bond donors (Lipinski definition) is 2. The standard InChI is InChI=1S/C13H23N3O/c1-13(4-2-3-5-15-13)12(17)16-8-10-6-14-7-11(10)9-16/h10-11,14-15H,2-9H2,1H3/t10-,11+,13?. The molecule has 0 aromatic rings. The van der Waals surface area contributed by atoms with Gasteiger partial charge >= 0.3 is 0 Å². The Morgan fingerprint density at radius 2 is 1.94 bits per heavy atom. The first-order chi connectivity index (χ1) is 8.19. The molecular formula is C13H23N3O. The molecule has 2 N–H and O–H groups in total. The number of likely N-dealkylation sites (tertiary alicyclic amines) is 1. The van der Waals surface area contributed by atoms with Crippen molar-refractivity contribution in [1.29, 1.82) is 0 Å². The van der Waals surface area contributed by atoms with Gasteiger partial charge in [0, 0.05) is 26.2 Å². The van der Waals surface area contributed by atoms with Crippen molar-refractivity contribution in [3.8, 4) is 0 Å². The number of piperidine rings is 1. The Bertz CT molecular complexity index is 300. The maximum absolute atomic E-state index is 12.6. The largest absolute Gasteiger partial charge is 0.340 e. The minimum atomic E-state index is -0.287. The van der Waals surface area contributed by atoms with Crippen LogP contribution in [0.3, 0.4) is 0 Å². The molecular weight excluding hydrogens is 214 g/mol. The van der Waals surface area contributed by atoms with E-state index in [1.54, 1.807) is 0 Å². The fourth-order valence-electron chi connectivity index (χ4n) is 3.61. The highest BCUT2D eigenvalue weighted by molar-refractivity contribution is 5.86. The summed E-state index contributed by atoms with van der Waals surface area (Å²) in [5.41, 5.74) is -0.287. The first kappa shape index (κ1) is 11.5. The van der Waals surface area contributed by atoms with Crippen LogP contribution in [0.25, 0.3) is 0 Å². The van der Waals surface area contributed by atoms with Crippen molar-refractivity contribution in [1.82, 2.24) is 15.5 Å². The van der Waals surface area contributed by atoms with Gasteiger partial charge in [-0.1, -0.05) is 0 Å². The van der Waals surface area contributed by atoms with Gasteiger partial charge in [0.15, 0.2) is 0 Å². The summed E-state index contributed by atoms with van der Waals surface area (Å²) < 4.78 is 0. The van der Waals surface area contributed by atoms with Gasteiger partial charge in [-0.3, -0.25) is 4.79 Å². The molecule has 3 aliphatic rings. The fraction of sp³-hybridized carbons (Fsp3) is 0.923. The number of amides is 1. The maximum atomic E-state index is 12.6. The van der Waals surface area contributed by atoms with Crippen LogP contribution in [0.1, 0.15) is 26.2 Å². The first-order valence-corrected chi connectivity index (χ1v) is 6.94. The van der Waals surface area contributed by atoms with Gasteiger partial charge in [-0.15, -0.1) is 0 Å². The maximum Gasteiger partial charge on any atom is 0.242 e. The molecule has 1 unspecified atom stereocenters. The van der Waals surface area contributed by atoms with Gasteiger partial charge in [-0.2, -0.15) is 0 Å². The van der Waals surface area contributed by atoms with Crippen LogP contribution < -0.4 is 10.6 Å². The zero-order valence-electron chi connectivity index (χ0n) is 10.7. The highest BCUT2D eigenvalue weighted by Crippen LogP contribution is 2.30. The van der Waals surface area contributed by atoms with Gasteiger partial charge in [-0.05, 0) is 44.6 Å². The Labute approximate surface area is 103 Å².